The Labute approximate surface area is 94.1 Å². The van der Waals surface area contributed by atoms with Gasteiger partial charge in [-0.25, -0.2) is 4.79 Å². The zero-order valence-corrected chi connectivity index (χ0v) is 9.08. The van der Waals surface area contributed by atoms with Gasteiger partial charge in [0.2, 0.25) is 0 Å². The monoisotopic (exact) mass is 237 g/mol. The standard InChI is InChI=1S/C10H7NO4S/c1-5-7-3-2-6(11(14)15)4-8(7)16-9(5)10(12)13/h2-4H,1H3,(H,12,13). The highest BCUT2D eigenvalue weighted by Crippen LogP contribution is 2.33. The van der Waals surface area contributed by atoms with Crippen molar-refractivity contribution in [2.24, 2.45) is 0 Å². The molecule has 2 aromatic rings. The zero-order valence-electron chi connectivity index (χ0n) is 8.26. The molecule has 82 valence electrons. The number of non-ortho nitro benzene ring substituents is 1. The maximum absolute atomic E-state index is 10.9. The molecule has 0 radical (unpaired) electrons. The summed E-state index contributed by atoms with van der Waals surface area (Å²) >= 11 is 1.06. The number of thiophene rings is 1. The summed E-state index contributed by atoms with van der Waals surface area (Å²) in [5.41, 5.74) is 0.632. The second-order valence-corrected chi connectivity index (χ2v) is 4.35. The molecule has 1 N–H and O–H groups in total. The number of nitro benzene ring substituents is 1. The van der Waals surface area contributed by atoms with Gasteiger partial charge in [-0.1, -0.05) is 0 Å². The number of carboxylic acid groups (broad SMARTS) is 1. The molecule has 0 saturated heterocycles. The van der Waals surface area contributed by atoms with Crippen molar-refractivity contribution in [3.8, 4) is 0 Å². The topological polar surface area (TPSA) is 80.4 Å². The molecular formula is C10H7NO4S. The van der Waals surface area contributed by atoms with Crippen molar-refractivity contribution in [2.75, 3.05) is 0 Å². The SMILES string of the molecule is Cc1c(C(=O)O)sc2cc([N+](=O)[O-])ccc12. The molecule has 1 aromatic carbocycles. The van der Waals surface area contributed by atoms with Crippen LogP contribution < -0.4 is 0 Å². The lowest BCUT2D eigenvalue weighted by Gasteiger charge is -1.92. The lowest BCUT2D eigenvalue weighted by atomic mass is 10.1. The van der Waals surface area contributed by atoms with Gasteiger partial charge in [0.15, 0.2) is 0 Å². The van der Waals surface area contributed by atoms with Crippen molar-refractivity contribution in [3.63, 3.8) is 0 Å². The minimum atomic E-state index is -0.999. The first-order chi connectivity index (χ1) is 7.50. The Hall–Kier alpha value is -1.95. The van der Waals surface area contributed by atoms with Crippen LogP contribution in [0.3, 0.4) is 0 Å². The van der Waals surface area contributed by atoms with Crippen molar-refractivity contribution in [1.82, 2.24) is 0 Å². The highest BCUT2D eigenvalue weighted by atomic mass is 32.1. The number of carbonyl (C=O) groups is 1. The highest BCUT2D eigenvalue weighted by Gasteiger charge is 2.16. The van der Waals surface area contributed by atoms with E-state index in [9.17, 15) is 14.9 Å². The van der Waals surface area contributed by atoms with Crippen LogP contribution in [-0.2, 0) is 0 Å². The molecule has 0 atom stereocenters. The molecular weight excluding hydrogens is 230 g/mol. The molecule has 0 aliphatic heterocycles. The van der Waals surface area contributed by atoms with Crippen molar-refractivity contribution in [3.05, 3.63) is 38.8 Å². The third kappa shape index (κ3) is 1.53. The summed E-state index contributed by atoms with van der Waals surface area (Å²) < 4.78 is 0.629. The van der Waals surface area contributed by atoms with Gasteiger partial charge in [0, 0.05) is 16.8 Å². The first-order valence-electron chi connectivity index (χ1n) is 4.41. The normalized spacial score (nSPS) is 10.6. The number of nitrogens with zero attached hydrogens (tertiary/aromatic N) is 1. The molecule has 0 bridgehead atoms. The predicted octanol–water partition coefficient (Wildman–Crippen LogP) is 2.82. The van der Waals surface area contributed by atoms with Crippen LogP contribution in [0.25, 0.3) is 10.1 Å². The van der Waals surface area contributed by atoms with Crippen LogP contribution in [0.5, 0.6) is 0 Å². The quantitative estimate of drug-likeness (QED) is 0.643. The van der Waals surface area contributed by atoms with Gasteiger partial charge >= 0.3 is 5.97 Å². The zero-order chi connectivity index (χ0) is 11.9. The summed E-state index contributed by atoms with van der Waals surface area (Å²) in [5, 5.41) is 20.2. The number of hydrogen-bond donors (Lipinski definition) is 1. The summed E-state index contributed by atoms with van der Waals surface area (Å²) in [7, 11) is 0. The van der Waals surface area contributed by atoms with E-state index in [0.29, 0.717) is 10.3 Å². The van der Waals surface area contributed by atoms with Crippen molar-refractivity contribution in [2.45, 2.75) is 6.92 Å². The summed E-state index contributed by atoms with van der Waals surface area (Å²) in [6.07, 6.45) is 0. The van der Waals surface area contributed by atoms with E-state index in [-0.39, 0.29) is 10.6 Å². The van der Waals surface area contributed by atoms with Crippen molar-refractivity contribution in [1.29, 1.82) is 0 Å². The number of hydrogen-bond acceptors (Lipinski definition) is 4. The van der Waals surface area contributed by atoms with Crippen LogP contribution in [0.4, 0.5) is 5.69 Å². The minimum absolute atomic E-state index is 0.0225. The maximum atomic E-state index is 10.9. The van der Waals surface area contributed by atoms with E-state index in [4.69, 9.17) is 5.11 Å². The third-order valence-corrected chi connectivity index (χ3v) is 3.57. The van der Waals surface area contributed by atoms with E-state index in [0.717, 1.165) is 16.7 Å². The minimum Gasteiger partial charge on any atom is -0.477 e. The number of aryl methyl sites for hydroxylation is 1. The second kappa shape index (κ2) is 3.57. The molecule has 1 heterocycles. The fourth-order valence-corrected chi connectivity index (χ4v) is 2.61. The maximum Gasteiger partial charge on any atom is 0.346 e. The number of nitro groups is 1. The van der Waals surface area contributed by atoms with E-state index >= 15 is 0 Å². The molecule has 0 fully saturated rings. The molecule has 0 aliphatic rings. The van der Waals surface area contributed by atoms with Crippen LogP contribution in [0, 0.1) is 17.0 Å². The largest absolute Gasteiger partial charge is 0.477 e. The molecule has 0 saturated carbocycles. The fraction of sp³-hybridized carbons (Fsp3) is 0.100. The van der Waals surface area contributed by atoms with Crippen LogP contribution >= 0.6 is 11.3 Å². The lowest BCUT2D eigenvalue weighted by molar-refractivity contribution is -0.384. The number of rotatable bonds is 2. The molecule has 6 heteroatoms. The average Bonchev–Trinajstić information content (AvgIpc) is 2.55. The van der Waals surface area contributed by atoms with Gasteiger partial charge in [-0.2, -0.15) is 0 Å². The number of carboxylic acids is 1. The third-order valence-electron chi connectivity index (χ3n) is 2.33. The molecule has 0 amide bonds. The first-order valence-corrected chi connectivity index (χ1v) is 5.23. The molecule has 0 unspecified atom stereocenters. The molecule has 16 heavy (non-hydrogen) atoms. The Morgan fingerprint density at radius 1 is 1.50 bits per heavy atom. The molecule has 5 nitrogen and oxygen atoms in total. The Kier molecular flexibility index (Phi) is 2.35. The number of fused-ring (bicyclic) bond motifs is 1. The second-order valence-electron chi connectivity index (χ2n) is 3.30. The highest BCUT2D eigenvalue weighted by molar-refractivity contribution is 7.21. The van der Waals surface area contributed by atoms with Gasteiger partial charge < -0.3 is 5.11 Å². The Morgan fingerprint density at radius 3 is 2.75 bits per heavy atom. The Morgan fingerprint density at radius 2 is 2.19 bits per heavy atom. The van der Waals surface area contributed by atoms with E-state index in [1.165, 1.54) is 12.1 Å². The number of benzene rings is 1. The van der Waals surface area contributed by atoms with Gasteiger partial charge in [-0.05, 0) is 23.9 Å². The van der Waals surface area contributed by atoms with Crippen molar-refractivity contribution >= 4 is 33.1 Å². The van der Waals surface area contributed by atoms with Crippen LogP contribution in [0.1, 0.15) is 15.2 Å². The molecule has 1 aromatic heterocycles. The van der Waals surface area contributed by atoms with Gasteiger partial charge in [-0.3, -0.25) is 10.1 Å². The van der Waals surface area contributed by atoms with E-state index in [1.54, 1.807) is 13.0 Å². The van der Waals surface area contributed by atoms with Crippen LogP contribution in [0.2, 0.25) is 0 Å². The summed E-state index contributed by atoms with van der Waals surface area (Å²) in [6.45, 7) is 1.70. The predicted molar refractivity (Wildman–Crippen MR) is 60.2 cm³/mol. The Balaban J connectivity index is 2.72. The fourth-order valence-electron chi connectivity index (χ4n) is 1.53. The molecule has 2 rings (SSSR count). The average molecular weight is 237 g/mol. The lowest BCUT2D eigenvalue weighted by Crippen LogP contribution is -1.93. The Bertz CT molecular complexity index is 602. The van der Waals surface area contributed by atoms with E-state index in [2.05, 4.69) is 0 Å². The summed E-state index contributed by atoms with van der Waals surface area (Å²) in [4.78, 5) is 21.2. The van der Waals surface area contributed by atoms with Gasteiger partial charge in [0.1, 0.15) is 4.88 Å². The van der Waals surface area contributed by atoms with Crippen LogP contribution in [-0.4, -0.2) is 16.0 Å². The summed E-state index contributed by atoms with van der Waals surface area (Å²) in [5.74, 6) is -0.999. The first kappa shape index (κ1) is 10.6. The van der Waals surface area contributed by atoms with E-state index in [1.807, 2.05) is 0 Å². The summed E-state index contributed by atoms with van der Waals surface area (Å²) in [6, 6.07) is 4.37. The van der Waals surface area contributed by atoms with Gasteiger partial charge in [0.25, 0.3) is 5.69 Å². The number of aromatic carboxylic acids is 1. The van der Waals surface area contributed by atoms with Gasteiger partial charge in [-0.15, -0.1) is 11.3 Å². The smallest absolute Gasteiger partial charge is 0.346 e. The van der Waals surface area contributed by atoms with E-state index < -0.39 is 10.9 Å². The van der Waals surface area contributed by atoms with Gasteiger partial charge in [0.05, 0.1) is 4.92 Å². The van der Waals surface area contributed by atoms with Crippen LogP contribution in [0.15, 0.2) is 18.2 Å². The van der Waals surface area contributed by atoms with Crippen molar-refractivity contribution < 1.29 is 14.8 Å². The molecule has 0 spiro atoms. The molecule has 0 aliphatic carbocycles.